The molecule has 0 radical (unpaired) electrons. The summed E-state index contributed by atoms with van der Waals surface area (Å²) < 4.78 is 0. The lowest BCUT2D eigenvalue weighted by molar-refractivity contribution is -0.120. The highest BCUT2D eigenvalue weighted by atomic mass is 16.3. The van der Waals surface area contributed by atoms with Crippen LogP contribution in [0.4, 0.5) is 0 Å². The van der Waals surface area contributed by atoms with E-state index in [1.807, 2.05) is 6.92 Å². The summed E-state index contributed by atoms with van der Waals surface area (Å²) in [4.78, 5) is 0. The quantitative estimate of drug-likeness (QED) is 0.668. The molecule has 0 spiro atoms. The van der Waals surface area contributed by atoms with Gasteiger partial charge >= 0.3 is 0 Å². The molecule has 128 valence electrons. The minimum Gasteiger partial charge on any atom is -0.390 e. The van der Waals surface area contributed by atoms with E-state index in [1.54, 1.807) is 0 Å². The van der Waals surface area contributed by atoms with Gasteiger partial charge in [-0.3, -0.25) is 0 Å². The van der Waals surface area contributed by atoms with Gasteiger partial charge in [-0.05, 0) is 87.4 Å². The van der Waals surface area contributed by atoms with Gasteiger partial charge in [-0.15, -0.1) is 6.42 Å². The van der Waals surface area contributed by atoms with Gasteiger partial charge in [0, 0.05) is 5.41 Å². The Hall–Kier alpha value is -0.520. The lowest BCUT2D eigenvalue weighted by Gasteiger charge is -2.58. The molecule has 8 atom stereocenters. The summed E-state index contributed by atoms with van der Waals surface area (Å²) in [6, 6.07) is 0. The van der Waals surface area contributed by atoms with Crippen LogP contribution in [0.25, 0.3) is 0 Å². The van der Waals surface area contributed by atoms with E-state index >= 15 is 0 Å². The van der Waals surface area contributed by atoms with Crippen molar-refractivity contribution in [3.05, 3.63) is 0 Å². The lowest BCUT2D eigenvalue weighted by atomic mass is 9.47. The van der Waals surface area contributed by atoms with Gasteiger partial charge < -0.3 is 10.2 Å². The van der Waals surface area contributed by atoms with Crippen LogP contribution in [0.3, 0.4) is 0 Å². The lowest BCUT2D eigenvalue weighted by Crippen LogP contribution is -2.54. The maximum Gasteiger partial charge on any atom is 0.130 e. The van der Waals surface area contributed by atoms with E-state index in [2.05, 4.69) is 19.8 Å². The molecule has 4 aliphatic carbocycles. The topological polar surface area (TPSA) is 40.5 Å². The smallest absolute Gasteiger partial charge is 0.130 e. The Morgan fingerprint density at radius 2 is 1.65 bits per heavy atom. The van der Waals surface area contributed by atoms with Gasteiger partial charge in [0.15, 0.2) is 0 Å². The third-order valence-corrected chi connectivity index (χ3v) is 8.90. The highest BCUT2D eigenvalue weighted by molar-refractivity contribution is 5.24. The van der Waals surface area contributed by atoms with Crippen molar-refractivity contribution < 1.29 is 10.2 Å². The first-order valence-corrected chi connectivity index (χ1v) is 9.58. The first-order chi connectivity index (χ1) is 10.7. The number of hydrogen-bond donors (Lipinski definition) is 2. The second-order valence-electron chi connectivity index (χ2n) is 10.0. The van der Waals surface area contributed by atoms with Gasteiger partial charge in [0.1, 0.15) is 5.60 Å². The monoisotopic (exact) mass is 316 g/mol. The fourth-order valence-corrected chi connectivity index (χ4v) is 7.82. The summed E-state index contributed by atoms with van der Waals surface area (Å²) in [5.41, 5.74) is -1.20. The predicted molar refractivity (Wildman–Crippen MR) is 91.5 cm³/mol. The average Bonchev–Trinajstić information content (AvgIpc) is 2.89. The fraction of sp³-hybridized carbons (Fsp3) is 0.905. The Bertz CT molecular complexity index is 561. The molecule has 0 aliphatic heterocycles. The molecule has 2 heteroatoms. The van der Waals surface area contributed by atoms with Crippen LogP contribution in [-0.2, 0) is 0 Å². The molecule has 2 N–H and O–H groups in total. The molecule has 0 unspecified atom stereocenters. The van der Waals surface area contributed by atoms with Gasteiger partial charge in [0.05, 0.1) is 5.60 Å². The summed E-state index contributed by atoms with van der Waals surface area (Å²) in [6.45, 7) is 6.73. The van der Waals surface area contributed by atoms with Gasteiger partial charge in [0.25, 0.3) is 0 Å². The van der Waals surface area contributed by atoms with E-state index in [-0.39, 0.29) is 10.8 Å². The Labute approximate surface area is 141 Å². The molecule has 23 heavy (non-hydrogen) atoms. The summed E-state index contributed by atoms with van der Waals surface area (Å²) in [5, 5.41) is 21.7. The highest BCUT2D eigenvalue weighted by Crippen LogP contribution is 2.69. The molecule has 2 nitrogen and oxygen atoms in total. The Morgan fingerprint density at radius 1 is 0.957 bits per heavy atom. The molecule has 4 rings (SSSR count). The van der Waals surface area contributed by atoms with E-state index in [1.165, 1.54) is 19.3 Å². The number of terminal acetylenes is 1. The van der Waals surface area contributed by atoms with Crippen molar-refractivity contribution in [1.29, 1.82) is 0 Å². The van der Waals surface area contributed by atoms with E-state index in [0.29, 0.717) is 23.7 Å². The fourth-order valence-electron chi connectivity index (χ4n) is 7.82. The zero-order valence-corrected chi connectivity index (χ0v) is 14.9. The molecule has 0 heterocycles. The molecular weight excluding hydrogens is 284 g/mol. The van der Waals surface area contributed by atoms with Crippen molar-refractivity contribution in [3.8, 4) is 12.3 Å². The highest BCUT2D eigenvalue weighted by Gasteiger charge is 2.65. The molecule has 0 saturated heterocycles. The number of aliphatic hydroxyl groups is 2. The maximum absolute atomic E-state index is 11.0. The Balaban J connectivity index is 1.68. The maximum atomic E-state index is 11.0. The van der Waals surface area contributed by atoms with Crippen LogP contribution in [-0.4, -0.2) is 21.4 Å². The molecule has 0 aromatic rings. The molecule has 0 aromatic heterocycles. The molecule has 0 amide bonds. The molecule has 0 bridgehead atoms. The van der Waals surface area contributed by atoms with Gasteiger partial charge in [-0.25, -0.2) is 0 Å². The second-order valence-corrected chi connectivity index (χ2v) is 10.0. The van der Waals surface area contributed by atoms with E-state index in [0.717, 1.165) is 32.1 Å². The van der Waals surface area contributed by atoms with Crippen LogP contribution < -0.4 is 0 Å². The molecule has 4 saturated carbocycles. The van der Waals surface area contributed by atoms with Crippen molar-refractivity contribution in [2.24, 2.45) is 34.5 Å². The van der Waals surface area contributed by atoms with Crippen LogP contribution in [0.15, 0.2) is 0 Å². The molecule has 4 aliphatic rings. The first-order valence-electron chi connectivity index (χ1n) is 9.58. The minimum atomic E-state index is -0.901. The SMILES string of the molecule is C#C[C@]1(O)CC[C@H]2[C@@H]3CC[C@H]4C[C@@](C)(O)C[C@]4(C)[C@H]3CC[C@@]21C. The largest absolute Gasteiger partial charge is 0.390 e. The van der Waals surface area contributed by atoms with E-state index in [4.69, 9.17) is 6.42 Å². The average molecular weight is 316 g/mol. The zero-order chi connectivity index (χ0) is 16.7. The van der Waals surface area contributed by atoms with Crippen molar-refractivity contribution in [3.63, 3.8) is 0 Å². The Kier molecular flexibility index (Phi) is 3.16. The molecule has 4 fully saturated rings. The summed E-state index contributed by atoms with van der Waals surface area (Å²) in [5.74, 6) is 5.39. The van der Waals surface area contributed by atoms with Crippen molar-refractivity contribution in [2.45, 2.75) is 83.3 Å². The van der Waals surface area contributed by atoms with Crippen LogP contribution in [0.5, 0.6) is 0 Å². The summed E-state index contributed by atoms with van der Waals surface area (Å²) in [6.07, 6.45) is 14.2. The zero-order valence-electron chi connectivity index (χ0n) is 14.9. The predicted octanol–water partition coefficient (Wildman–Crippen LogP) is 3.75. The first kappa shape index (κ1) is 16.0. The number of fused-ring (bicyclic) bond motifs is 5. The van der Waals surface area contributed by atoms with Crippen molar-refractivity contribution in [1.82, 2.24) is 0 Å². The van der Waals surface area contributed by atoms with Crippen LogP contribution in [0.1, 0.15) is 72.1 Å². The van der Waals surface area contributed by atoms with Crippen molar-refractivity contribution >= 4 is 0 Å². The standard InChI is InChI=1S/C21H32O2/c1-5-21(23)11-9-17-15-7-6-14-12-18(2,22)13-19(14,3)16(15)8-10-20(17,21)4/h1,14-17,22-23H,6-13H2,2-4H3/t14-,15+,16-,17-,18+,19-,20-,21-/m0/s1. The summed E-state index contributed by atoms with van der Waals surface area (Å²) >= 11 is 0. The van der Waals surface area contributed by atoms with Crippen LogP contribution in [0, 0.1) is 46.8 Å². The van der Waals surface area contributed by atoms with E-state index < -0.39 is 11.2 Å². The third-order valence-electron chi connectivity index (χ3n) is 8.90. The normalized spacial score (nSPS) is 61.4. The molecule has 0 aromatic carbocycles. The second kappa shape index (κ2) is 4.55. The van der Waals surface area contributed by atoms with Gasteiger partial charge in [-0.2, -0.15) is 0 Å². The Morgan fingerprint density at radius 3 is 2.35 bits per heavy atom. The number of rotatable bonds is 0. The summed E-state index contributed by atoms with van der Waals surface area (Å²) in [7, 11) is 0. The van der Waals surface area contributed by atoms with Crippen molar-refractivity contribution in [2.75, 3.05) is 0 Å². The number of hydrogen-bond acceptors (Lipinski definition) is 2. The van der Waals surface area contributed by atoms with E-state index in [9.17, 15) is 10.2 Å². The minimum absolute atomic E-state index is 0.104. The van der Waals surface area contributed by atoms with Crippen LogP contribution in [0.2, 0.25) is 0 Å². The third kappa shape index (κ3) is 1.90. The van der Waals surface area contributed by atoms with Crippen LogP contribution >= 0.6 is 0 Å². The van der Waals surface area contributed by atoms with Gasteiger partial charge in [0.2, 0.25) is 0 Å². The van der Waals surface area contributed by atoms with Gasteiger partial charge in [-0.1, -0.05) is 19.8 Å². The molecular formula is C21H32O2.